The molecule has 6 nitrogen and oxygen atoms in total. The average Bonchev–Trinajstić information content (AvgIpc) is 3.03. The Morgan fingerprint density at radius 1 is 1.20 bits per heavy atom. The van der Waals surface area contributed by atoms with Crippen molar-refractivity contribution in [3.63, 3.8) is 0 Å². The fraction of sp³-hybridized carbons (Fsp3) is 0.857. The Labute approximate surface area is 118 Å². The van der Waals surface area contributed by atoms with Crippen molar-refractivity contribution >= 4 is 11.9 Å². The monoisotopic (exact) mass is 282 g/mol. The topological polar surface area (TPSA) is 78.9 Å². The summed E-state index contributed by atoms with van der Waals surface area (Å²) in [6, 6.07) is 0.00634. The first kappa shape index (κ1) is 13.8. The first-order chi connectivity index (χ1) is 9.66. The quantitative estimate of drug-likeness (QED) is 0.771. The minimum Gasteiger partial charge on any atom is -0.481 e. The smallest absolute Gasteiger partial charge is 0.308 e. The fourth-order valence-corrected chi connectivity index (χ4v) is 3.87. The molecule has 0 aromatic rings. The summed E-state index contributed by atoms with van der Waals surface area (Å²) in [5.41, 5.74) is 0. The molecule has 0 saturated carbocycles. The fourth-order valence-electron chi connectivity index (χ4n) is 3.87. The van der Waals surface area contributed by atoms with Gasteiger partial charge in [-0.05, 0) is 45.2 Å². The first-order valence-corrected chi connectivity index (χ1v) is 7.53. The zero-order valence-electron chi connectivity index (χ0n) is 11.6. The molecule has 3 rings (SSSR count). The summed E-state index contributed by atoms with van der Waals surface area (Å²) in [6.45, 7) is 1.98. The number of carboxylic acid groups (broad SMARTS) is 1. The molecule has 20 heavy (non-hydrogen) atoms. The number of aliphatic carboxylic acids is 1. The van der Waals surface area contributed by atoms with E-state index in [1.807, 2.05) is 0 Å². The summed E-state index contributed by atoms with van der Waals surface area (Å²) in [6.07, 6.45) is 4.42. The van der Waals surface area contributed by atoms with Crippen LogP contribution >= 0.6 is 0 Å². The lowest BCUT2D eigenvalue weighted by Crippen LogP contribution is -2.41. The standard InChI is InChI=1S/C14H22N2O4/c17-13(8-20-10-3-5-15-6-4-10)16-9-1-2-12(16)11(7-9)14(18)19/h9-12,15H,1-8H2,(H,18,19). The average molecular weight is 282 g/mol. The van der Waals surface area contributed by atoms with Crippen molar-refractivity contribution in [3.8, 4) is 0 Å². The van der Waals surface area contributed by atoms with E-state index >= 15 is 0 Å². The molecular formula is C14H22N2O4. The highest BCUT2D eigenvalue weighted by atomic mass is 16.5. The molecule has 0 aromatic heterocycles. The van der Waals surface area contributed by atoms with Crippen LogP contribution < -0.4 is 5.32 Å². The van der Waals surface area contributed by atoms with E-state index in [0.717, 1.165) is 38.8 Å². The van der Waals surface area contributed by atoms with E-state index in [0.29, 0.717) is 6.42 Å². The minimum atomic E-state index is -0.769. The van der Waals surface area contributed by atoms with E-state index in [1.165, 1.54) is 0 Å². The van der Waals surface area contributed by atoms with Crippen LogP contribution in [0, 0.1) is 5.92 Å². The third kappa shape index (κ3) is 2.54. The van der Waals surface area contributed by atoms with Crippen LogP contribution in [0.25, 0.3) is 0 Å². The Kier molecular flexibility index (Phi) is 3.94. The van der Waals surface area contributed by atoms with Crippen LogP contribution in [0.4, 0.5) is 0 Å². The van der Waals surface area contributed by atoms with Gasteiger partial charge in [0, 0.05) is 12.1 Å². The van der Waals surface area contributed by atoms with Crippen LogP contribution in [-0.4, -0.2) is 59.8 Å². The number of carboxylic acids is 1. The summed E-state index contributed by atoms with van der Waals surface area (Å²) in [4.78, 5) is 25.3. The Bertz CT molecular complexity index is 395. The summed E-state index contributed by atoms with van der Waals surface area (Å²) in [5.74, 6) is -1.18. The van der Waals surface area contributed by atoms with Crippen LogP contribution in [0.3, 0.4) is 0 Å². The largest absolute Gasteiger partial charge is 0.481 e. The number of fused-ring (bicyclic) bond motifs is 2. The highest BCUT2D eigenvalue weighted by Gasteiger charge is 2.51. The van der Waals surface area contributed by atoms with Gasteiger partial charge in [-0.2, -0.15) is 0 Å². The van der Waals surface area contributed by atoms with Crippen LogP contribution in [0.5, 0.6) is 0 Å². The maximum atomic E-state index is 12.3. The van der Waals surface area contributed by atoms with Gasteiger partial charge in [0.15, 0.2) is 0 Å². The van der Waals surface area contributed by atoms with E-state index in [1.54, 1.807) is 4.90 Å². The van der Waals surface area contributed by atoms with Gasteiger partial charge >= 0.3 is 5.97 Å². The normalized spacial score (nSPS) is 33.6. The SMILES string of the molecule is O=C(O)C1CC2CCC1N2C(=O)COC1CCNCC1. The third-order valence-corrected chi connectivity index (χ3v) is 4.87. The maximum Gasteiger partial charge on any atom is 0.308 e. The van der Waals surface area contributed by atoms with Gasteiger partial charge in [-0.3, -0.25) is 9.59 Å². The van der Waals surface area contributed by atoms with Crippen molar-refractivity contribution in [2.75, 3.05) is 19.7 Å². The number of carbonyl (C=O) groups excluding carboxylic acids is 1. The van der Waals surface area contributed by atoms with Crippen LogP contribution in [0.15, 0.2) is 0 Å². The third-order valence-electron chi connectivity index (χ3n) is 4.87. The molecule has 6 heteroatoms. The molecule has 0 spiro atoms. The second-order valence-electron chi connectivity index (χ2n) is 6.04. The van der Waals surface area contributed by atoms with Crippen molar-refractivity contribution in [1.82, 2.24) is 10.2 Å². The van der Waals surface area contributed by atoms with Crippen molar-refractivity contribution < 1.29 is 19.4 Å². The van der Waals surface area contributed by atoms with Gasteiger partial charge in [0.05, 0.1) is 12.0 Å². The second kappa shape index (κ2) is 5.69. The Morgan fingerprint density at radius 3 is 2.60 bits per heavy atom. The summed E-state index contributed by atoms with van der Waals surface area (Å²) >= 11 is 0. The molecule has 0 aliphatic carbocycles. The summed E-state index contributed by atoms with van der Waals surface area (Å²) in [5, 5.41) is 12.5. The Morgan fingerprint density at radius 2 is 1.95 bits per heavy atom. The van der Waals surface area contributed by atoms with Gasteiger partial charge in [0.1, 0.15) is 6.61 Å². The predicted octanol–water partition coefficient (Wildman–Crippen LogP) is 0.219. The van der Waals surface area contributed by atoms with E-state index < -0.39 is 5.97 Å². The number of carbonyl (C=O) groups is 2. The Hall–Kier alpha value is -1.14. The second-order valence-corrected chi connectivity index (χ2v) is 6.04. The zero-order chi connectivity index (χ0) is 14.1. The minimum absolute atomic E-state index is 0.0280. The maximum absolute atomic E-state index is 12.3. The van der Waals surface area contributed by atoms with E-state index in [9.17, 15) is 14.7 Å². The zero-order valence-corrected chi connectivity index (χ0v) is 11.6. The summed E-state index contributed by atoms with van der Waals surface area (Å²) < 4.78 is 5.70. The molecule has 3 unspecified atom stereocenters. The van der Waals surface area contributed by atoms with Crippen molar-refractivity contribution in [2.24, 2.45) is 5.92 Å². The molecule has 3 heterocycles. The van der Waals surface area contributed by atoms with E-state index in [-0.39, 0.29) is 36.6 Å². The number of piperidine rings is 1. The number of ether oxygens (including phenoxy) is 1. The van der Waals surface area contributed by atoms with Crippen molar-refractivity contribution in [3.05, 3.63) is 0 Å². The lowest BCUT2D eigenvalue weighted by atomic mass is 9.89. The number of amides is 1. The van der Waals surface area contributed by atoms with E-state index in [2.05, 4.69) is 5.32 Å². The number of nitrogens with one attached hydrogen (secondary N) is 1. The summed E-state index contributed by atoms with van der Waals surface area (Å²) in [7, 11) is 0. The molecule has 0 radical (unpaired) electrons. The number of hydrogen-bond donors (Lipinski definition) is 2. The molecule has 3 atom stereocenters. The van der Waals surface area contributed by atoms with Crippen molar-refractivity contribution in [2.45, 2.75) is 50.3 Å². The molecule has 112 valence electrons. The van der Waals surface area contributed by atoms with Gasteiger partial charge in [-0.25, -0.2) is 0 Å². The van der Waals surface area contributed by atoms with Gasteiger partial charge < -0.3 is 20.1 Å². The highest BCUT2D eigenvalue weighted by Crippen LogP contribution is 2.41. The van der Waals surface area contributed by atoms with Crippen LogP contribution in [0.1, 0.15) is 32.1 Å². The molecule has 2 bridgehead atoms. The molecule has 1 amide bonds. The van der Waals surface area contributed by atoms with Gasteiger partial charge in [0.2, 0.25) is 5.91 Å². The van der Waals surface area contributed by atoms with Crippen LogP contribution in [0.2, 0.25) is 0 Å². The lowest BCUT2D eigenvalue weighted by molar-refractivity contribution is -0.144. The molecule has 3 saturated heterocycles. The Balaban J connectivity index is 1.54. The van der Waals surface area contributed by atoms with Gasteiger partial charge in [0.25, 0.3) is 0 Å². The molecule has 3 aliphatic heterocycles. The highest BCUT2D eigenvalue weighted by molar-refractivity contribution is 5.81. The first-order valence-electron chi connectivity index (χ1n) is 7.53. The molecule has 3 fully saturated rings. The van der Waals surface area contributed by atoms with Gasteiger partial charge in [-0.15, -0.1) is 0 Å². The number of hydrogen-bond acceptors (Lipinski definition) is 4. The predicted molar refractivity (Wildman–Crippen MR) is 71.2 cm³/mol. The molecule has 3 aliphatic rings. The number of rotatable bonds is 4. The molecule has 2 N–H and O–H groups in total. The lowest BCUT2D eigenvalue weighted by Gasteiger charge is -2.26. The van der Waals surface area contributed by atoms with Crippen molar-refractivity contribution in [1.29, 1.82) is 0 Å². The molecular weight excluding hydrogens is 260 g/mol. The van der Waals surface area contributed by atoms with E-state index in [4.69, 9.17) is 4.74 Å². The van der Waals surface area contributed by atoms with Crippen LogP contribution in [-0.2, 0) is 14.3 Å². The van der Waals surface area contributed by atoms with Gasteiger partial charge in [-0.1, -0.05) is 0 Å². The number of nitrogens with zero attached hydrogens (tertiary/aromatic N) is 1. The molecule has 0 aromatic carbocycles.